The van der Waals surface area contributed by atoms with E-state index >= 15 is 0 Å². The molecule has 11 heteroatoms. The molecule has 0 amide bonds. The quantitative estimate of drug-likeness (QED) is 0.349. The molecular weight excluding hydrogens is 254 g/mol. The lowest BCUT2D eigenvalue weighted by Crippen LogP contribution is -1.54. The zero-order chi connectivity index (χ0) is 7.15. The molecule has 0 aliphatic carbocycles. The molecule has 0 fully saturated rings. The topological polar surface area (TPSA) is 121 Å². The Morgan fingerprint density at radius 3 is 0.455 bits per heavy atom. The van der Waals surface area contributed by atoms with E-state index in [4.69, 9.17) is 29.4 Å². The second kappa shape index (κ2) is 22.6. The van der Waals surface area contributed by atoms with Crippen LogP contribution in [0.15, 0.2) is 0 Å². The van der Waals surface area contributed by atoms with Gasteiger partial charge in [-0.15, -0.1) is 0 Å². The van der Waals surface area contributed by atoms with E-state index in [0.717, 1.165) is 0 Å². The van der Waals surface area contributed by atoms with Gasteiger partial charge in [-0.05, 0) is 0 Å². The Morgan fingerprint density at radius 2 is 0.455 bits per heavy atom. The van der Waals surface area contributed by atoms with E-state index < -0.39 is 17.2 Å². The van der Waals surface area contributed by atoms with Gasteiger partial charge in [0.25, 0.3) is 0 Å². The lowest BCUT2D eigenvalue weighted by molar-refractivity contribution is 0.366. The second-order valence-corrected chi connectivity index (χ2v) is 1.61. The molecule has 0 bridgehead atoms. The first kappa shape index (κ1) is 29.3. The summed E-state index contributed by atoms with van der Waals surface area (Å²) in [7, 11) is -5.24. The summed E-state index contributed by atoms with van der Waals surface area (Å²) in [4.78, 5) is 43.4. The molecule has 0 spiro atoms. The predicted molar refractivity (Wildman–Crippen MR) is 49.9 cm³/mol. The highest BCUT2D eigenvalue weighted by molar-refractivity contribution is 7.59. The fourth-order valence-electron chi connectivity index (χ4n) is 0. The average molecular weight is 260 g/mol. The van der Waals surface area contributed by atoms with E-state index in [1.807, 2.05) is 0 Å². The molecule has 0 aromatic carbocycles. The van der Waals surface area contributed by atoms with Crippen molar-refractivity contribution in [3.63, 3.8) is 0 Å². The van der Waals surface area contributed by atoms with E-state index in [1.165, 1.54) is 0 Å². The molecule has 70 valence electrons. The van der Waals surface area contributed by atoms with Crippen molar-refractivity contribution in [2.75, 3.05) is 0 Å². The van der Waals surface area contributed by atoms with Crippen LogP contribution in [-0.2, 0) is 0 Å². The Balaban J connectivity index is -0.0000000171. The van der Waals surface area contributed by atoms with Crippen molar-refractivity contribution >= 4 is 57.7 Å². The minimum atomic E-state index is -2.62. The van der Waals surface area contributed by atoms with Crippen molar-refractivity contribution in [2.24, 2.45) is 0 Å². The van der Waals surface area contributed by atoms with Gasteiger partial charge in [-0.3, -0.25) is 0 Å². The maximum atomic E-state index is 7.23. The first-order valence-electron chi connectivity index (χ1n) is 1.20. The van der Waals surface area contributed by atoms with Gasteiger partial charge < -0.3 is 29.4 Å². The smallest absolute Gasteiger partial charge is 0.324 e. The molecule has 0 aromatic heterocycles. The van der Waals surface area contributed by atoms with Crippen LogP contribution in [0, 0.1) is 0 Å². The normalized spacial score (nSPS) is 6.55. The molecule has 0 saturated heterocycles. The SMILES string of the molecule is OP(O)O.OP(O)O.[S].[S].[S]. The molecule has 6 N–H and O–H groups in total. The number of hydrogen-bond donors (Lipinski definition) is 6. The van der Waals surface area contributed by atoms with Gasteiger partial charge in [0.2, 0.25) is 0 Å². The number of hydrogen-bond acceptors (Lipinski definition) is 6. The van der Waals surface area contributed by atoms with Gasteiger partial charge in [0.15, 0.2) is 0 Å². The Bertz CT molecular complexity index is 31.3. The minimum Gasteiger partial charge on any atom is -0.328 e. The van der Waals surface area contributed by atoms with Gasteiger partial charge in [0, 0.05) is 40.5 Å². The van der Waals surface area contributed by atoms with E-state index in [9.17, 15) is 0 Å². The molecule has 6 nitrogen and oxygen atoms in total. The Morgan fingerprint density at radius 1 is 0.455 bits per heavy atom. The van der Waals surface area contributed by atoms with Crippen molar-refractivity contribution in [3.05, 3.63) is 0 Å². The molecule has 0 heterocycles. The van der Waals surface area contributed by atoms with Gasteiger partial charge in [0.1, 0.15) is 0 Å². The van der Waals surface area contributed by atoms with Crippen LogP contribution in [0.5, 0.6) is 0 Å². The summed E-state index contributed by atoms with van der Waals surface area (Å²) in [6, 6.07) is 0. The maximum absolute atomic E-state index is 7.23. The molecule has 0 aliphatic heterocycles. The fourth-order valence-corrected chi connectivity index (χ4v) is 0. The van der Waals surface area contributed by atoms with Crippen molar-refractivity contribution in [2.45, 2.75) is 0 Å². The van der Waals surface area contributed by atoms with Crippen LogP contribution in [0.4, 0.5) is 0 Å². The lowest BCUT2D eigenvalue weighted by atomic mass is 15.8. The van der Waals surface area contributed by atoms with Crippen molar-refractivity contribution in [1.29, 1.82) is 0 Å². The Kier molecular flexibility index (Phi) is 60.2. The van der Waals surface area contributed by atoms with Crippen LogP contribution < -0.4 is 0 Å². The third-order valence-corrected chi connectivity index (χ3v) is 0. The summed E-state index contributed by atoms with van der Waals surface area (Å²) in [6.07, 6.45) is 0. The van der Waals surface area contributed by atoms with E-state index in [1.54, 1.807) is 0 Å². The van der Waals surface area contributed by atoms with Crippen molar-refractivity contribution in [1.82, 2.24) is 0 Å². The molecule has 0 rings (SSSR count). The highest BCUT2D eigenvalue weighted by Crippen LogP contribution is 2.12. The molecule has 0 aromatic rings. The summed E-state index contributed by atoms with van der Waals surface area (Å²) in [5.41, 5.74) is 0. The largest absolute Gasteiger partial charge is 0.328 e. The van der Waals surface area contributed by atoms with Gasteiger partial charge in [0.05, 0.1) is 0 Å². The van der Waals surface area contributed by atoms with Crippen LogP contribution in [0.3, 0.4) is 0 Å². The van der Waals surface area contributed by atoms with E-state index in [2.05, 4.69) is 0 Å². The van der Waals surface area contributed by atoms with Crippen LogP contribution in [-0.4, -0.2) is 29.4 Å². The van der Waals surface area contributed by atoms with Gasteiger partial charge in [-0.1, -0.05) is 0 Å². The van der Waals surface area contributed by atoms with E-state index in [0.29, 0.717) is 0 Å². The molecule has 11 heavy (non-hydrogen) atoms. The Hall–Kier alpha value is 1.67. The summed E-state index contributed by atoms with van der Waals surface area (Å²) in [5.74, 6) is 0. The molecule has 0 unspecified atom stereocenters. The summed E-state index contributed by atoms with van der Waals surface area (Å²) < 4.78 is 0. The third kappa shape index (κ3) is 391. The van der Waals surface area contributed by atoms with Crippen molar-refractivity contribution in [3.8, 4) is 0 Å². The average Bonchev–Trinajstić information content (AvgIpc) is 1.25. The minimum absolute atomic E-state index is 0. The Labute approximate surface area is 87.2 Å². The zero-order valence-electron chi connectivity index (χ0n) is 4.80. The first-order valence-corrected chi connectivity index (χ1v) is 3.60. The van der Waals surface area contributed by atoms with E-state index in [-0.39, 0.29) is 40.5 Å². The number of rotatable bonds is 0. The lowest BCUT2D eigenvalue weighted by Gasteiger charge is -1.76. The summed E-state index contributed by atoms with van der Waals surface area (Å²) in [6.45, 7) is 0. The molecule has 0 atom stereocenters. The monoisotopic (exact) mass is 260 g/mol. The highest BCUT2D eigenvalue weighted by atomic mass is 32.1. The predicted octanol–water partition coefficient (Wildman–Crippen LogP) is 0.325. The van der Waals surface area contributed by atoms with Crippen LogP contribution >= 0.6 is 57.7 Å². The molecule has 0 saturated carbocycles. The van der Waals surface area contributed by atoms with Gasteiger partial charge in [-0.25, -0.2) is 0 Å². The summed E-state index contributed by atoms with van der Waals surface area (Å²) in [5, 5.41) is 0. The van der Waals surface area contributed by atoms with Gasteiger partial charge >= 0.3 is 17.2 Å². The van der Waals surface area contributed by atoms with Gasteiger partial charge in [-0.2, -0.15) is 0 Å². The van der Waals surface area contributed by atoms with Crippen LogP contribution in [0.1, 0.15) is 0 Å². The molecule has 6 radical (unpaired) electrons. The van der Waals surface area contributed by atoms with Crippen molar-refractivity contribution < 1.29 is 29.4 Å². The second-order valence-electron chi connectivity index (χ2n) is 0.537. The third-order valence-electron chi connectivity index (χ3n) is 0. The summed E-state index contributed by atoms with van der Waals surface area (Å²) >= 11 is 0. The highest BCUT2D eigenvalue weighted by Gasteiger charge is 1.76. The zero-order valence-corrected chi connectivity index (χ0v) is 9.04. The molecular formula is H6O6P2S3. The maximum Gasteiger partial charge on any atom is 0.324 e. The standard InChI is InChI=1S/2H3O3P.3S/c2*1-4(2)3;;;/h2*1-3H;;;. The molecule has 0 aliphatic rings. The fraction of sp³-hybridized carbons (Fsp3) is 0. The van der Waals surface area contributed by atoms with Crippen LogP contribution in [0.25, 0.3) is 0 Å². The first-order chi connectivity index (χ1) is 3.46. The van der Waals surface area contributed by atoms with Crippen LogP contribution in [0.2, 0.25) is 0 Å².